The molecular weight excluding hydrogens is 279 g/mol. The Morgan fingerprint density at radius 1 is 1.25 bits per heavy atom. The van der Waals surface area contributed by atoms with Crippen molar-refractivity contribution in [2.24, 2.45) is 0 Å². The van der Waals surface area contributed by atoms with Crippen molar-refractivity contribution in [1.82, 2.24) is 4.90 Å². The quantitative estimate of drug-likeness (QED) is 0.814. The molecule has 0 unspecified atom stereocenters. The number of anilines is 1. The predicted molar refractivity (Wildman–Crippen MR) is 80.8 cm³/mol. The molecule has 0 radical (unpaired) electrons. The SMILES string of the molecule is CN(C)CCCNc1ccc(-c2cc(Cl)ccc2F)o1. The summed E-state index contributed by atoms with van der Waals surface area (Å²) in [4.78, 5) is 2.12. The number of rotatable bonds is 6. The summed E-state index contributed by atoms with van der Waals surface area (Å²) in [6.45, 7) is 1.81. The first kappa shape index (κ1) is 14.9. The second kappa shape index (κ2) is 6.77. The molecule has 20 heavy (non-hydrogen) atoms. The molecule has 0 spiro atoms. The van der Waals surface area contributed by atoms with Gasteiger partial charge in [-0.25, -0.2) is 4.39 Å². The van der Waals surface area contributed by atoms with Gasteiger partial charge in [0.2, 0.25) is 0 Å². The van der Waals surface area contributed by atoms with Gasteiger partial charge in [-0.2, -0.15) is 0 Å². The van der Waals surface area contributed by atoms with E-state index in [0.717, 1.165) is 19.5 Å². The van der Waals surface area contributed by atoms with Gasteiger partial charge in [-0.15, -0.1) is 0 Å². The molecule has 108 valence electrons. The van der Waals surface area contributed by atoms with Crippen molar-refractivity contribution in [1.29, 1.82) is 0 Å². The van der Waals surface area contributed by atoms with E-state index in [0.29, 0.717) is 22.2 Å². The fourth-order valence-corrected chi connectivity index (χ4v) is 2.04. The minimum Gasteiger partial charge on any atom is -0.441 e. The minimum atomic E-state index is -0.345. The Morgan fingerprint density at radius 2 is 2.05 bits per heavy atom. The zero-order valence-electron chi connectivity index (χ0n) is 11.6. The van der Waals surface area contributed by atoms with E-state index in [-0.39, 0.29) is 5.82 Å². The first-order chi connectivity index (χ1) is 9.56. The highest BCUT2D eigenvalue weighted by Crippen LogP contribution is 2.29. The number of hydrogen-bond donors (Lipinski definition) is 1. The Morgan fingerprint density at radius 3 is 2.80 bits per heavy atom. The van der Waals surface area contributed by atoms with Gasteiger partial charge in [-0.1, -0.05) is 11.6 Å². The molecular formula is C15H18ClFN2O. The molecule has 1 aromatic carbocycles. The molecule has 0 aliphatic heterocycles. The lowest BCUT2D eigenvalue weighted by molar-refractivity contribution is 0.404. The Labute approximate surface area is 123 Å². The average Bonchev–Trinajstić information content (AvgIpc) is 2.86. The van der Waals surface area contributed by atoms with E-state index in [9.17, 15) is 4.39 Å². The van der Waals surface area contributed by atoms with E-state index >= 15 is 0 Å². The molecule has 0 atom stereocenters. The van der Waals surface area contributed by atoms with E-state index in [1.807, 2.05) is 14.1 Å². The highest BCUT2D eigenvalue weighted by molar-refractivity contribution is 6.30. The third kappa shape index (κ3) is 3.99. The molecule has 1 heterocycles. The number of benzene rings is 1. The van der Waals surface area contributed by atoms with Gasteiger partial charge in [0.05, 0.1) is 5.56 Å². The standard InChI is InChI=1S/C15H18ClFN2O/c1-19(2)9-3-8-18-15-7-6-14(20-15)12-10-11(16)4-5-13(12)17/h4-7,10,18H,3,8-9H2,1-2H3. The normalized spacial score (nSPS) is 11.1. The van der Waals surface area contributed by atoms with Crippen LogP contribution in [0.5, 0.6) is 0 Å². The molecule has 0 bridgehead atoms. The summed E-state index contributed by atoms with van der Waals surface area (Å²) in [6.07, 6.45) is 1.01. The van der Waals surface area contributed by atoms with Crippen LogP contribution in [0.2, 0.25) is 5.02 Å². The van der Waals surface area contributed by atoms with Crippen LogP contribution in [0.3, 0.4) is 0 Å². The first-order valence-electron chi connectivity index (χ1n) is 6.50. The fourth-order valence-electron chi connectivity index (χ4n) is 1.87. The maximum atomic E-state index is 13.7. The Kier molecular flexibility index (Phi) is 5.04. The van der Waals surface area contributed by atoms with Crippen LogP contribution in [0.25, 0.3) is 11.3 Å². The number of furan rings is 1. The van der Waals surface area contributed by atoms with Gasteiger partial charge in [0.15, 0.2) is 5.88 Å². The summed E-state index contributed by atoms with van der Waals surface area (Å²) >= 11 is 5.88. The fraction of sp³-hybridized carbons (Fsp3) is 0.333. The topological polar surface area (TPSA) is 28.4 Å². The van der Waals surface area contributed by atoms with Gasteiger partial charge in [-0.3, -0.25) is 0 Å². The molecule has 0 aliphatic rings. The van der Waals surface area contributed by atoms with E-state index in [2.05, 4.69) is 10.2 Å². The van der Waals surface area contributed by atoms with E-state index in [4.69, 9.17) is 16.0 Å². The van der Waals surface area contributed by atoms with Crippen molar-refractivity contribution >= 4 is 17.5 Å². The van der Waals surface area contributed by atoms with Gasteiger partial charge in [0, 0.05) is 17.6 Å². The van der Waals surface area contributed by atoms with Crippen LogP contribution in [0.15, 0.2) is 34.7 Å². The Bertz CT molecular complexity index is 569. The molecule has 0 fully saturated rings. The van der Waals surface area contributed by atoms with Crippen molar-refractivity contribution in [2.75, 3.05) is 32.5 Å². The predicted octanol–water partition coefficient (Wildman–Crippen LogP) is 4.10. The van der Waals surface area contributed by atoms with Crippen molar-refractivity contribution < 1.29 is 8.81 Å². The molecule has 2 rings (SSSR count). The third-order valence-electron chi connectivity index (χ3n) is 2.88. The van der Waals surface area contributed by atoms with Crippen molar-refractivity contribution in [3.8, 4) is 11.3 Å². The molecule has 0 amide bonds. The van der Waals surface area contributed by atoms with E-state index in [1.54, 1.807) is 18.2 Å². The number of halogens is 2. The lowest BCUT2D eigenvalue weighted by Gasteiger charge is -2.09. The summed E-state index contributed by atoms with van der Waals surface area (Å²) in [5.74, 6) is 0.765. The van der Waals surface area contributed by atoms with Crippen LogP contribution in [-0.4, -0.2) is 32.1 Å². The monoisotopic (exact) mass is 296 g/mol. The molecule has 1 N–H and O–H groups in total. The second-order valence-corrected chi connectivity index (χ2v) is 5.31. The largest absolute Gasteiger partial charge is 0.441 e. The van der Waals surface area contributed by atoms with E-state index in [1.165, 1.54) is 12.1 Å². The van der Waals surface area contributed by atoms with Crippen LogP contribution in [-0.2, 0) is 0 Å². The van der Waals surface area contributed by atoms with Crippen LogP contribution >= 0.6 is 11.6 Å². The van der Waals surface area contributed by atoms with Crippen LogP contribution in [0.4, 0.5) is 10.3 Å². The summed E-state index contributed by atoms with van der Waals surface area (Å²) in [5, 5.41) is 3.66. The smallest absolute Gasteiger partial charge is 0.193 e. The van der Waals surface area contributed by atoms with Crippen LogP contribution in [0, 0.1) is 5.82 Å². The van der Waals surface area contributed by atoms with Crippen molar-refractivity contribution in [3.63, 3.8) is 0 Å². The maximum Gasteiger partial charge on any atom is 0.193 e. The lowest BCUT2D eigenvalue weighted by atomic mass is 10.1. The first-order valence-corrected chi connectivity index (χ1v) is 6.88. The minimum absolute atomic E-state index is 0.345. The van der Waals surface area contributed by atoms with Gasteiger partial charge in [0.25, 0.3) is 0 Å². The zero-order valence-corrected chi connectivity index (χ0v) is 12.4. The Hall–Kier alpha value is -1.52. The zero-order chi connectivity index (χ0) is 14.5. The Balaban J connectivity index is 2.00. The van der Waals surface area contributed by atoms with Crippen LogP contribution < -0.4 is 5.32 Å². The molecule has 0 saturated heterocycles. The molecule has 5 heteroatoms. The summed E-state index contributed by atoms with van der Waals surface area (Å²) < 4.78 is 19.3. The summed E-state index contributed by atoms with van der Waals surface area (Å²) in [5.41, 5.74) is 0.374. The van der Waals surface area contributed by atoms with Crippen molar-refractivity contribution in [3.05, 3.63) is 41.2 Å². The summed E-state index contributed by atoms with van der Waals surface area (Å²) in [6, 6.07) is 7.95. The number of nitrogens with one attached hydrogen (secondary N) is 1. The lowest BCUT2D eigenvalue weighted by Crippen LogP contribution is -2.16. The summed E-state index contributed by atoms with van der Waals surface area (Å²) in [7, 11) is 4.07. The second-order valence-electron chi connectivity index (χ2n) is 4.87. The molecule has 0 aliphatic carbocycles. The van der Waals surface area contributed by atoms with Gasteiger partial charge in [-0.05, 0) is 51.3 Å². The van der Waals surface area contributed by atoms with Crippen molar-refractivity contribution in [2.45, 2.75) is 6.42 Å². The van der Waals surface area contributed by atoms with Gasteiger partial charge in [0.1, 0.15) is 11.6 Å². The molecule has 1 aromatic heterocycles. The highest BCUT2D eigenvalue weighted by Gasteiger charge is 2.10. The van der Waals surface area contributed by atoms with Gasteiger partial charge < -0.3 is 14.6 Å². The maximum absolute atomic E-state index is 13.7. The number of nitrogens with zero attached hydrogens (tertiary/aromatic N) is 1. The molecule has 0 saturated carbocycles. The highest BCUT2D eigenvalue weighted by atomic mass is 35.5. The average molecular weight is 297 g/mol. The third-order valence-corrected chi connectivity index (χ3v) is 3.12. The van der Waals surface area contributed by atoms with E-state index < -0.39 is 0 Å². The number of hydrogen-bond acceptors (Lipinski definition) is 3. The molecule has 3 nitrogen and oxygen atoms in total. The van der Waals surface area contributed by atoms with Crippen LogP contribution in [0.1, 0.15) is 6.42 Å². The molecule has 2 aromatic rings. The van der Waals surface area contributed by atoms with Gasteiger partial charge >= 0.3 is 0 Å².